The van der Waals surface area contributed by atoms with Crippen molar-refractivity contribution in [2.45, 2.75) is 32.4 Å². The molecule has 0 bridgehead atoms. The maximum Gasteiger partial charge on any atom is 0.220 e. The second-order valence-corrected chi connectivity index (χ2v) is 7.20. The highest BCUT2D eigenvalue weighted by Gasteiger charge is 2.06. The van der Waals surface area contributed by atoms with Crippen LogP contribution in [0.15, 0.2) is 42.5 Å². The van der Waals surface area contributed by atoms with Gasteiger partial charge >= 0.3 is 0 Å². The second kappa shape index (κ2) is 9.81. The molecule has 5 heteroatoms. The number of hydrogen-bond acceptors (Lipinski definition) is 2. The molecule has 134 valence electrons. The molecule has 2 rings (SSSR count). The minimum Gasteiger partial charge on any atom is -0.352 e. The Bertz CT molecular complexity index is 717. The van der Waals surface area contributed by atoms with Gasteiger partial charge in [0.1, 0.15) is 0 Å². The highest BCUT2D eigenvalue weighted by atomic mass is 35.5. The first-order valence-corrected chi connectivity index (χ1v) is 9.13. The van der Waals surface area contributed by atoms with Crippen molar-refractivity contribution in [2.75, 3.05) is 14.1 Å². The number of hydrogen-bond donors (Lipinski definition) is 1. The molecule has 0 saturated carbocycles. The van der Waals surface area contributed by atoms with E-state index in [0.29, 0.717) is 23.0 Å². The van der Waals surface area contributed by atoms with Crippen molar-refractivity contribution >= 4 is 29.1 Å². The van der Waals surface area contributed by atoms with Gasteiger partial charge in [0.2, 0.25) is 5.91 Å². The van der Waals surface area contributed by atoms with Gasteiger partial charge in [-0.3, -0.25) is 4.79 Å². The van der Waals surface area contributed by atoms with Crippen molar-refractivity contribution in [3.05, 3.63) is 69.2 Å². The van der Waals surface area contributed by atoms with Crippen LogP contribution >= 0.6 is 23.2 Å². The Balaban J connectivity index is 1.78. The van der Waals surface area contributed by atoms with Crippen molar-refractivity contribution in [3.63, 3.8) is 0 Å². The lowest BCUT2D eigenvalue weighted by Crippen LogP contribution is -2.24. The van der Waals surface area contributed by atoms with E-state index in [9.17, 15) is 4.79 Å². The van der Waals surface area contributed by atoms with Gasteiger partial charge in [0.25, 0.3) is 0 Å². The quantitative estimate of drug-likeness (QED) is 0.722. The first kappa shape index (κ1) is 19.8. The highest BCUT2D eigenvalue weighted by Crippen LogP contribution is 2.23. The van der Waals surface area contributed by atoms with Gasteiger partial charge in [-0.2, -0.15) is 0 Å². The van der Waals surface area contributed by atoms with Crippen molar-refractivity contribution < 1.29 is 4.79 Å². The van der Waals surface area contributed by atoms with Crippen LogP contribution in [0, 0.1) is 0 Å². The summed E-state index contributed by atoms with van der Waals surface area (Å²) in [6.07, 6.45) is 2.08. The lowest BCUT2D eigenvalue weighted by Gasteiger charge is -2.14. The van der Waals surface area contributed by atoms with Crippen molar-refractivity contribution in [3.8, 4) is 0 Å². The summed E-state index contributed by atoms with van der Waals surface area (Å²) in [7, 11) is 4.08. The molecule has 25 heavy (non-hydrogen) atoms. The SMILES string of the molecule is CN(C)Cc1ccccc1CNC(=O)CCCc1ccc(Cl)c(Cl)c1. The largest absolute Gasteiger partial charge is 0.352 e. The topological polar surface area (TPSA) is 32.3 Å². The summed E-state index contributed by atoms with van der Waals surface area (Å²) in [5.41, 5.74) is 3.50. The fourth-order valence-corrected chi connectivity index (χ4v) is 2.98. The third-order valence-electron chi connectivity index (χ3n) is 3.93. The Hall–Kier alpha value is -1.55. The zero-order valence-electron chi connectivity index (χ0n) is 14.7. The molecular weight excluding hydrogens is 355 g/mol. The molecule has 0 radical (unpaired) electrons. The van der Waals surface area contributed by atoms with Crippen LogP contribution in [0.25, 0.3) is 0 Å². The number of aryl methyl sites for hydroxylation is 1. The lowest BCUT2D eigenvalue weighted by molar-refractivity contribution is -0.121. The monoisotopic (exact) mass is 378 g/mol. The fraction of sp³-hybridized carbons (Fsp3) is 0.350. The number of amides is 1. The van der Waals surface area contributed by atoms with Gasteiger partial charge in [0, 0.05) is 19.5 Å². The standard InChI is InChI=1S/C20H24Cl2N2O/c1-24(2)14-17-8-4-3-7-16(17)13-23-20(25)9-5-6-15-10-11-18(21)19(22)12-15/h3-4,7-8,10-12H,5-6,9,13-14H2,1-2H3,(H,23,25). The molecule has 0 unspecified atom stereocenters. The number of nitrogens with one attached hydrogen (secondary N) is 1. The molecule has 0 fully saturated rings. The molecule has 2 aromatic rings. The van der Waals surface area contributed by atoms with Gasteiger partial charge in [-0.1, -0.05) is 53.5 Å². The van der Waals surface area contributed by atoms with E-state index in [1.165, 1.54) is 5.56 Å². The first-order valence-electron chi connectivity index (χ1n) is 8.38. The number of halogens is 2. The average Bonchev–Trinajstić information content (AvgIpc) is 2.57. The molecule has 0 aliphatic rings. The fourth-order valence-electron chi connectivity index (χ4n) is 2.66. The summed E-state index contributed by atoms with van der Waals surface area (Å²) in [6.45, 7) is 1.43. The van der Waals surface area contributed by atoms with Crippen molar-refractivity contribution in [1.29, 1.82) is 0 Å². The lowest BCUT2D eigenvalue weighted by atomic mass is 10.1. The predicted molar refractivity (Wildman–Crippen MR) is 105 cm³/mol. The number of carbonyl (C=O) groups is 1. The van der Waals surface area contributed by atoms with Gasteiger partial charge in [-0.05, 0) is 55.8 Å². The first-order chi connectivity index (χ1) is 12.0. The molecule has 0 aromatic heterocycles. The minimum absolute atomic E-state index is 0.0692. The van der Waals surface area contributed by atoms with Gasteiger partial charge < -0.3 is 10.2 Å². The van der Waals surface area contributed by atoms with Crippen molar-refractivity contribution in [1.82, 2.24) is 10.2 Å². The van der Waals surface area contributed by atoms with E-state index < -0.39 is 0 Å². The molecule has 0 saturated heterocycles. The number of rotatable bonds is 8. The van der Waals surface area contributed by atoms with Crippen LogP contribution in [-0.4, -0.2) is 24.9 Å². The summed E-state index contributed by atoms with van der Waals surface area (Å²) < 4.78 is 0. The van der Waals surface area contributed by atoms with E-state index in [-0.39, 0.29) is 5.91 Å². The zero-order valence-corrected chi connectivity index (χ0v) is 16.2. The Morgan fingerprint density at radius 2 is 1.76 bits per heavy atom. The van der Waals surface area contributed by atoms with Crippen LogP contribution in [0.1, 0.15) is 29.5 Å². The molecule has 3 nitrogen and oxygen atoms in total. The smallest absolute Gasteiger partial charge is 0.220 e. The normalized spacial score (nSPS) is 10.9. The third kappa shape index (κ3) is 6.69. The van der Waals surface area contributed by atoms with E-state index in [4.69, 9.17) is 23.2 Å². The summed E-state index contributed by atoms with van der Waals surface area (Å²) in [5.74, 6) is 0.0692. The summed E-state index contributed by atoms with van der Waals surface area (Å²) in [5, 5.41) is 4.13. The Morgan fingerprint density at radius 3 is 2.44 bits per heavy atom. The van der Waals surface area contributed by atoms with Crippen LogP contribution in [0.4, 0.5) is 0 Å². The molecule has 0 aliphatic carbocycles. The maximum atomic E-state index is 12.1. The molecule has 0 aliphatic heterocycles. The van der Waals surface area contributed by atoms with Gasteiger partial charge in [-0.25, -0.2) is 0 Å². The minimum atomic E-state index is 0.0692. The van der Waals surface area contributed by atoms with Crippen LogP contribution in [0.5, 0.6) is 0 Å². The van der Waals surface area contributed by atoms with Gasteiger partial charge in [0.15, 0.2) is 0 Å². The van der Waals surface area contributed by atoms with E-state index in [1.807, 2.05) is 38.4 Å². The zero-order chi connectivity index (χ0) is 18.2. The van der Waals surface area contributed by atoms with E-state index >= 15 is 0 Å². The Labute approximate surface area is 159 Å². The summed E-state index contributed by atoms with van der Waals surface area (Å²) >= 11 is 11.9. The third-order valence-corrected chi connectivity index (χ3v) is 4.67. The molecule has 1 amide bonds. The molecule has 2 aromatic carbocycles. The van der Waals surface area contributed by atoms with Crippen LogP contribution in [0.2, 0.25) is 10.0 Å². The van der Waals surface area contributed by atoms with E-state index in [2.05, 4.69) is 22.3 Å². The highest BCUT2D eigenvalue weighted by molar-refractivity contribution is 6.42. The van der Waals surface area contributed by atoms with Crippen LogP contribution in [0.3, 0.4) is 0 Å². The average molecular weight is 379 g/mol. The van der Waals surface area contributed by atoms with Crippen molar-refractivity contribution in [2.24, 2.45) is 0 Å². The maximum absolute atomic E-state index is 12.1. The molecule has 0 heterocycles. The molecule has 0 spiro atoms. The summed E-state index contributed by atoms with van der Waals surface area (Å²) in [6, 6.07) is 13.8. The van der Waals surface area contributed by atoms with Crippen LogP contribution in [-0.2, 0) is 24.3 Å². The van der Waals surface area contributed by atoms with E-state index in [0.717, 1.165) is 30.5 Å². The van der Waals surface area contributed by atoms with Gasteiger partial charge in [0.05, 0.1) is 10.0 Å². The number of nitrogens with zero attached hydrogens (tertiary/aromatic N) is 1. The molecule has 1 N–H and O–H groups in total. The Kier molecular flexibility index (Phi) is 7.76. The predicted octanol–water partition coefficient (Wildman–Crippen LogP) is 4.69. The van der Waals surface area contributed by atoms with E-state index in [1.54, 1.807) is 6.07 Å². The Morgan fingerprint density at radius 1 is 1.04 bits per heavy atom. The number of benzene rings is 2. The number of carbonyl (C=O) groups excluding carboxylic acids is 1. The molecule has 0 atom stereocenters. The van der Waals surface area contributed by atoms with Gasteiger partial charge in [-0.15, -0.1) is 0 Å². The second-order valence-electron chi connectivity index (χ2n) is 6.39. The summed E-state index contributed by atoms with van der Waals surface area (Å²) in [4.78, 5) is 14.2. The van der Waals surface area contributed by atoms with Crippen LogP contribution < -0.4 is 5.32 Å². The molecular formula is C20H24Cl2N2O.